The van der Waals surface area contributed by atoms with E-state index < -0.39 is 11.5 Å². The van der Waals surface area contributed by atoms with Crippen LogP contribution in [-0.2, 0) is 16.0 Å². The van der Waals surface area contributed by atoms with Crippen molar-refractivity contribution >= 4 is 50.6 Å². The summed E-state index contributed by atoms with van der Waals surface area (Å²) in [7, 11) is 0. The van der Waals surface area contributed by atoms with Crippen molar-refractivity contribution in [2.45, 2.75) is 20.3 Å². The van der Waals surface area contributed by atoms with E-state index in [-0.39, 0.29) is 30.0 Å². The fourth-order valence-electron chi connectivity index (χ4n) is 3.41. The first-order valence-corrected chi connectivity index (χ1v) is 11.5. The normalized spacial score (nSPS) is 10.9. The SMILES string of the molecule is CCOC(=O)c1nn(-c2cccc(C)c2)c(=O)c2c(NC(=O)Cc3ccccc3Cl)scc12. The molecule has 0 bridgehead atoms. The Hall–Kier alpha value is -3.49. The molecule has 0 radical (unpaired) electrons. The van der Waals surface area contributed by atoms with Gasteiger partial charge in [0.15, 0.2) is 5.69 Å². The number of aromatic nitrogens is 2. The number of carbonyl (C=O) groups excluding carboxylic acids is 2. The third-order valence-electron chi connectivity index (χ3n) is 4.93. The van der Waals surface area contributed by atoms with Crippen LogP contribution in [0.15, 0.2) is 58.7 Å². The number of nitrogens with zero attached hydrogens (tertiary/aromatic N) is 2. The number of carbonyl (C=O) groups is 2. The molecule has 33 heavy (non-hydrogen) atoms. The minimum atomic E-state index is -0.643. The van der Waals surface area contributed by atoms with E-state index in [1.807, 2.05) is 13.0 Å². The third-order valence-corrected chi connectivity index (χ3v) is 6.19. The molecule has 1 N–H and O–H groups in total. The number of ether oxygens (including phenoxy) is 1. The molecule has 0 aliphatic carbocycles. The standard InChI is InChI=1S/C24H20ClN3O4S/c1-3-32-24(31)21-17-13-33-22(26-19(29)12-15-8-4-5-10-18(15)25)20(17)23(30)28(27-21)16-9-6-7-14(2)11-16/h4-11,13H,3,12H2,1-2H3,(H,26,29). The Labute approximate surface area is 198 Å². The maximum absolute atomic E-state index is 13.4. The van der Waals surface area contributed by atoms with Gasteiger partial charge >= 0.3 is 5.97 Å². The summed E-state index contributed by atoms with van der Waals surface area (Å²) in [6, 6.07) is 14.3. The van der Waals surface area contributed by atoms with Crippen LogP contribution in [0.4, 0.5) is 5.00 Å². The molecule has 2 aromatic carbocycles. The van der Waals surface area contributed by atoms with E-state index in [1.54, 1.807) is 54.8 Å². The Bertz CT molecular complexity index is 1430. The fourth-order valence-corrected chi connectivity index (χ4v) is 4.57. The summed E-state index contributed by atoms with van der Waals surface area (Å²) in [6.45, 7) is 3.75. The minimum Gasteiger partial charge on any atom is -0.461 e. The Morgan fingerprint density at radius 2 is 1.97 bits per heavy atom. The van der Waals surface area contributed by atoms with Gasteiger partial charge in [-0.3, -0.25) is 9.59 Å². The minimum absolute atomic E-state index is 0.0100. The lowest BCUT2D eigenvalue weighted by Crippen LogP contribution is -2.25. The van der Waals surface area contributed by atoms with E-state index in [0.717, 1.165) is 21.6 Å². The number of hydrogen-bond acceptors (Lipinski definition) is 6. The van der Waals surface area contributed by atoms with E-state index in [1.165, 1.54) is 0 Å². The zero-order valence-corrected chi connectivity index (χ0v) is 19.5. The van der Waals surface area contributed by atoms with Gasteiger partial charge in [0, 0.05) is 15.8 Å². The van der Waals surface area contributed by atoms with Crippen LogP contribution in [0.3, 0.4) is 0 Å². The maximum atomic E-state index is 13.4. The molecule has 0 spiro atoms. The van der Waals surface area contributed by atoms with E-state index in [9.17, 15) is 14.4 Å². The van der Waals surface area contributed by atoms with Gasteiger partial charge in [0.25, 0.3) is 5.56 Å². The first-order chi connectivity index (χ1) is 15.9. The highest BCUT2D eigenvalue weighted by Gasteiger charge is 2.23. The molecule has 0 saturated carbocycles. The van der Waals surface area contributed by atoms with E-state index in [0.29, 0.717) is 26.7 Å². The van der Waals surface area contributed by atoms with Crippen LogP contribution in [0.25, 0.3) is 16.5 Å². The summed E-state index contributed by atoms with van der Waals surface area (Å²) < 4.78 is 6.32. The fraction of sp³-hybridized carbons (Fsp3) is 0.167. The Balaban J connectivity index is 1.81. The van der Waals surface area contributed by atoms with Gasteiger partial charge in [-0.1, -0.05) is 41.9 Å². The van der Waals surface area contributed by atoms with Crippen molar-refractivity contribution in [1.29, 1.82) is 0 Å². The van der Waals surface area contributed by atoms with Crippen molar-refractivity contribution in [3.8, 4) is 5.69 Å². The lowest BCUT2D eigenvalue weighted by Gasteiger charge is -2.10. The summed E-state index contributed by atoms with van der Waals surface area (Å²) in [4.78, 5) is 38.8. The van der Waals surface area contributed by atoms with E-state index >= 15 is 0 Å². The Kier molecular flexibility index (Phi) is 6.57. The van der Waals surface area contributed by atoms with Crippen molar-refractivity contribution in [2.75, 3.05) is 11.9 Å². The first-order valence-electron chi connectivity index (χ1n) is 10.2. The number of aryl methyl sites for hydroxylation is 1. The van der Waals surface area contributed by atoms with Crippen LogP contribution >= 0.6 is 22.9 Å². The van der Waals surface area contributed by atoms with Gasteiger partial charge < -0.3 is 10.1 Å². The number of hydrogen-bond donors (Lipinski definition) is 1. The molecule has 9 heteroatoms. The monoisotopic (exact) mass is 481 g/mol. The number of fused-ring (bicyclic) bond motifs is 1. The molecule has 4 aromatic rings. The van der Waals surface area contributed by atoms with Crippen LogP contribution < -0.4 is 10.9 Å². The van der Waals surface area contributed by atoms with Gasteiger partial charge in [0.2, 0.25) is 5.91 Å². The molecule has 0 saturated heterocycles. The summed E-state index contributed by atoms with van der Waals surface area (Å²) in [5.74, 6) is -0.974. The molecular formula is C24H20ClN3O4S. The predicted octanol–water partition coefficient (Wildman–Crippen LogP) is 4.77. The Morgan fingerprint density at radius 1 is 1.18 bits per heavy atom. The number of amides is 1. The van der Waals surface area contributed by atoms with E-state index in [2.05, 4.69) is 10.4 Å². The lowest BCUT2D eigenvalue weighted by molar-refractivity contribution is -0.115. The van der Waals surface area contributed by atoms with Crippen molar-refractivity contribution < 1.29 is 14.3 Å². The number of esters is 1. The van der Waals surface area contributed by atoms with E-state index in [4.69, 9.17) is 16.3 Å². The molecular weight excluding hydrogens is 462 g/mol. The second-order valence-corrected chi connectivity index (χ2v) is 8.58. The molecule has 4 rings (SSSR count). The molecule has 0 fully saturated rings. The number of thiophene rings is 1. The van der Waals surface area contributed by atoms with Crippen molar-refractivity contribution in [1.82, 2.24) is 9.78 Å². The molecule has 7 nitrogen and oxygen atoms in total. The topological polar surface area (TPSA) is 90.3 Å². The smallest absolute Gasteiger partial charge is 0.359 e. The van der Waals surface area contributed by atoms with Crippen molar-refractivity contribution in [2.24, 2.45) is 0 Å². The van der Waals surface area contributed by atoms with Gasteiger partial charge in [0.1, 0.15) is 5.00 Å². The summed E-state index contributed by atoms with van der Waals surface area (Å²) in [5, 5.41) is 10.1. The van der Waals surface area contributed by atoms with Crippen molar-refractivity contribution in [3.63, 3.8) is 0 Å². The quantitative estimate of drug-likeness (QED) is 0.401. The Morgan fingerprint density at radius 3 is 2.70 bits per heavy atom. The number of halogens is 1. The summed E-state index contributed by atoms with van der Waals surface area (Å²) in [5.41, 5.74) is 1.67. The number of anilines is 1. The van der Waals surface area contributed by atoms with Crippen LogP contribution in [-0.4, -0.2) is 28.3 Å². The summed E-state index contributed by atoms with van der Waals surface area (Å²) in [6.07, 6.45) is 0.0426. The van der Waals surface area contributed by atoms with Gasteiger partial charge in [0.05, 0.1) is 24.1 Å². The molecule has 2 heterocycles. The van der Waals surface area contributed by atoms with Crippen molar-refractivity contribution in [3.05, 3.63) is 86.1 Å². The highest BCUT2D eigenvalue weighted by molar-refractivity contribution is 7.16. The van der Waals surface area contributed by atoms with Gasteiger partial charge in [-0.25, -0.2) is 4.79 Å². The van der Waals surface area contributed by atoms with Crippen LogP contribution in [0.2, 0.25) is 5.02 Å². The van der Waals surface area contributed by atoms with Crippen LogP contribution in [0.5, 0.6) is 0 Å². The van der Waals surface area contributed by atoms with Gasteiger partial charge in [-0.15, -0.1) is 11.3 Å². The molecule has 0 unspecified atom stereocenters. The molecule has 168 valence electrons. The molecule has 0 aliphatic rings. The number of benzene rings is 2. The van der Waals surface area contributed by atoms with Crippen LogP contribution in [0.1, 0.15) is 28.5 Å². The molecule has 1 amide bonds. The van der Waals surface area contributed by atoms with Crippen LogP contribution in [0, 0.1) is 6.92 Å². The van der Waals surface area contributed by atoms with Gasteiger partial charge in [-0.05, 0) is 43.2 Å². The summed E-state index contributed by atoms with van der Waals surface area (Å²) >= 11 is 7.32. The highest BCUT2D eigenvalue weighted by Crippen LogP contribution is 2.31. The number of nitrogens with one attached hydrogen (secondary N) is 1. The zero-order chi connectivity index (χ0) is 23.5. The molecule has 0 atom stereocenters. The average molecular weight is 482 g/mol. The first kappa shape index (κ1) is 22.7. The van der Waals surface area contributed by atoms with Gasteiger partial charge in [-0.2, -0.15) is 9.78 Å². The molecule has 2 aromatic heterocycles. The third kappa shape index (κ3) is 4.67. The highest BCUT2D eigenvalue weighted by atomic mass is 35.5. The lowest BCUT2D eigenvalue weighted by atomic mass is 10.1. The number of rotatable bonds is 6. The second kappa shape index (κ2) is 9.56. The molecule has 0 aliphatic heterocycles. The maximum Gasteiger partial charge on any atom is 0.359 e. The second-order valence-electron chi connectivity index (χ2n) is 7.29. The zero-order valence-electron chi connectivity index (χ0n) is 17.9. The predicted molar refractivity (Wildman–Crippen MR) is 130 cm³/mol. The largest absolute Gasteiger partial charge is 0.461 e. The average Bonchev–Trinajstić information content (AvgIpc) is 3.19.